The third-order valence-electron chi connectivity index (χ3n) is 6.76. The van der Waals surface area contributed by atoms with Crippen molar-refractivity contribution < 1.29 is 9.53 Å². The first-order valence-corrected chi connectivity index (χ1v) is 12.6. The molecule has 2 fully saturated rings. The molecule has 3 aromatic rings. The van der Waals surface area contributed by atoms with Gasteiger partial charge in [-0.05, 0) is 49.4 Å². The van der Waals surface area contributed by atoms with Gasteiger partial charge in [-0.1, -0.05) is 60.3 Å². The quantitative estimate of drug-likeness (QED) is 0.483. The molecule has 34 heavy (non-hydrogen) atoms. The molecule has 0 spiro atoms. The topological polar surface area (TPSA) is 59.4 Å². The highest BCUT2D eigenvalue weighted by atomic mass is 35.5. The summed E-state index contributed by atoms with van der Waals surface area (Å²) in [5.74, 6) is 0.396. The summed E-state index contributed by atoms with van der Waals surface area (Å²) >= 11 is 12.7. The molecule has 1 saturated carbocycles. The van der Waals surface area contributed by atoms with Crippen molar-refractivity contribution in [3.05, 3.63) is 69.3 Å². The maximum Gasteiger partial charge on any atom is 0.286 e. The summed E-state index contributed by atoms with van der Waals surface area (Å²) in [6, 6.07) is 14.0. The van der Waals surface area contributed by atoms with Gasteiger partial charge in [0.1, 0.15) is 0 Å². The van der Waals surface area contributed by atoms with Gasteiger partial charge >= 0.3 is 0 Å². The number of nitrogens with one attached hydrogen (secondary N) is 1. The van der Waals surface area contributed by atoms with Crippen molar-refractivity contribution in [3.8, 4) is 16.9 Å². The molecule has 6 nitrogen and oxygen atoms in total. The fraction of sp³-hybridized carbons (Fsp3) is 0.385. The zero-order chi connectivity index (χ0) is 23.7. The SMILES string of the molecule is Cc1c(C(=O)NN2CCOCC2)nn(-c2ccc(Cl)cc2Cl)c1-c1ccc(C2CCCC2)cc1. The fourth-order valence-electron chi connectivity index (χ4n) is 4.92. The number of rotatable bonds is 5. The van der Waals surface area contributed by atoms with Crippen LogP contribution in [0.2, 0.25) is 10.0 Å². The zero-order valence-electron chi connectivity index (χ0n) is 19.2. The second kappa shape index (κ2) is 10.1. The monoisotopic (exact) mass is 498 g/mol. The number of hydrogen-bond acceptors (Lipinski definition) is 4. The van der Waals surface area contributed by atoms with Gasteiger partial charge in [-0.25, -0.2) is 9.69 Å². The second-order valence-corrected chi connectivity index (χ2v) is 9.82. The van der Waals surface area contributed by atoms with Gasteiger partial charge in [-0.15, -0.1) is 0 Å². The van der Waals surface area contributed by atoms with E-state index in [1.165, 1.54) is 31.2 Å². The van der Waals surface area contributed by atoms with Crippen LogP contribution in [0.4, 0.5) is 0 Å². The number of nitrogens with zero attached hydrogens (tertiary/aromatic N) is 3. The smallest absolute Gasteiger partial charge is 0.286 e. The molecule has 5 rings (SSSR count). The molecule has 0 radical (unpaired) electrons. The van der Waals surface area contributed by atoms with E-state index in [2.05, 4.69) is 29.7 Å². The van der Waals surface area contributed by atoms with Crippen LogP contribution in [-0.2, 0) is 4.74 Å². The van der Waals surface area contributed by atoms with Crippen molar-refractivity contribution in [2.75, 3.05) is 26.3 Å². The van der Waals surface area contributed by atoms with Crippen LogP contribution in [0.25, 0.3) is 16.9 Å². The maximum absolute atomic E-state index is 13.2. The molecule has 1 aliphatic carbocycles. The first-order valence-electron chi connectivity index (χ1n) is 11.8. The predicted molar refractivity (Wildman–Crippen MR) is 135 cm³/mol. The first kappa shape index (κ1) is 23.4. The number of carbonyl (C=O) groups is 1. The van der Waals surface area contributed by atoms with Crippen LogP contribution in [0.5, 0.6) is 0 Å². The van der Waals surface area contributed by atoms with Crippen LogP contribution in [-0.4, -0.2) is 47.0 Å². The standard InChI is InChI=1S/C26H28Cl2N4O2/c1-17-24(26(33)30-31-12-14-34-15-13-31)29-32(23-11-10-21(27)16-22(23)28)25(17)20-8-6-19(7-9-20)18-4-2-3-5-18/h6-11,16,18H,2-5,12-15H2,1H3,(H,30,33). The van der Waals surface area contributed by atoms with Crippen LogP contribution in [0.15, 0.2) is 42.5 Å². The third-order valence-corrected chi connectivity index (χ3v) is 7.29. The highest BCUT2D eigenvalue weighted by Crippen LogP contribution is 2.37. The highest BCUT2D eigenvalue weighted by molar-refractivity contribution is 6.35. The number of halogens is 2. The van der Waals surface area contributed by atoms with E-state index in [0.717, 1.165) is 16.8 Å². The Morgan fingerprint density at radius 2 is 1.76 bits per heavy atom. The van der Waals surface area contributed by atoms with E-state index in [4.69, 9.17) is 33.0 Å². The molecule has 1 aromatic heterocycles. The van der Waals surface area contributed by atoms with Crippen LogP contribution >= 0.6 is 23.2 Å². The summed E-state index contributed by atoms with van der Waals surface area (Å²) < 4.78 is 7.14. The van der Waals surface area contributed by atoms with Gasteiger partial charge in [0, 0.05) is 29.2 Å². The molecule has 1 amide bonds. The molecule has 1 saturated heterocycles. The molecular formula is C26H28Cl2N4O2. The molecule has 2 heterocycles. The van der Waals surface area contributed by atoms with Gasteiger partial charge in [0.05, 0.1) is 29.6 Å². The lowest BCUT2D eigenvalue weighted by atomic mass is 9.95. The molecule has 0 unspecified atom stereocenters. The minimum atomic E-state index is -0.243. The Balaban J connectivity index is 1.55. The lowest BCUT2D eigenvalue weighted by molar-refractivity contribution is 0.0124. The van der Waals surface area contributed by atoms with Gasteiger partial charge in [0.2, 0.25) is 0 Å². The Hall–Kier alpha value is -2.38. The van der Waals surface area contributed by atoms with Crippen molar-refractivity contribution in [1.82, 2.24) is 20.2 Å². The molecule has 1 aliphatic heterocycles. The summed E-state index contributed by atoms with van der Waals surface area (Å²) in [7, 11) is 0. The Kier molecular flexibility index (Phi) is 6.93. The average Bonchev–Trinajstić information content (AvgIpc) is 3.48. The molecule has 1 N–H and O–H groups in total. The minimum Gasteiger partial charge on any atom is -0.379 e. The Bertz CT molecular complexity index is 1180. The molecule has 8 heteroatoms. The number of benzene rings is 2. The van der Waals surface area contributed by atoms with Crippen LogP contribution in [0.3, 0.4) is 0 Å². The molecule has 178 valence electrons. The molecular weight excluding hydrogens is 471 g/mol. The van der Waals surface area contributed by atoms with Gasteiger partial charge in [-0.2, -0.15) is 5.10 Å². The number of hydrazine groups is 1. The summed E-state index contributed by atoms with van der Waals surface area (Å²) in [6.07, 6.45) is 5.11. The van der Waals surface area contributed by atoms with Gasteiger partial charge < -0.3 is 4.74 Å². The number of ether oxygens (including phenoxy) is 1. The Morgan fingerprint density at radius 3 is 2.44 bits per heavy atom. The van der Waals surface area contributed by atoms with Gasteiger partial charge in [0.15, 0.2) is 5.69 Å². The predicted octanol–water partition coefficient (Wildman–Crippen LogP) is 5.79. The number of carbonyl (C=O) groups excluding carboxylic acids is 1. The van der Waals surface area contributed by atoms with Crippen molar-refractivity contribution >= 4 is 29.1 Å². The van der Waals surface area contributed by atoms with Crippen molar-refractivity contribution in [3.63, 3.8) is 0 Å². The summed E-state index contributed by atoms with van der Waals surface area (Å²) in [5.41, 5.74) is 8.02. The van der Waals surface area contributed by atoms with E-state index < -0.39 is 0 Å². The number of hydrogen-bond donors (Lipinski definition) is 1. The molecule has 0 atom stereocenters. The molecule has 0 bridgehead atoms. The zero-order valence-corrected chi connectivity index (χ0v) is 20.7. The lowest BCUT2D eigenvalue weighted by Crippen LogP contribution is -2.48. The Labute approximate surface area is 209 Å². The lowest BCUT2D eigenvalue weighted by Gasteiger charge is -2.26. The summed E-state index contributed by atoms with van der Waals surface area (Å²) in [5, 5.41) is 7.62. The van der Waals surface area contributed by atoms with Crippen LogP contribution in [0, 0.1) is 6.92 Å². The van der Waals surface area contributed by atoms with E-state index in [-0.39, 0.29) is 5.91 Å². The first-order chi connectivity index (χ1) is 16.5. The third kappa shape index (κ3) is 4.73. The normalized spacial score (nSPS) is 17.3. The second-order valence-electron chi connectivity index (χ2n) is 8.97. The van der Waals surface area contributed by atoms with Crippen molar-refractivity contribution in [1.29, 1.82) is 0 Å². The highest BCUT2D eigenvalue weighted by Gasteiger charge is 2.25. The van der Waals surface area contributed by atoms with Gasteiger partial charge in [-0.3, -0.25) is 10.2 Å². The summed E-state index contributed by atoms with van der Waals surface area (Å²) in [6.45, 7) is 4.40. The number of morpholine rings is 1. The minimum absolute atomic E-state index is 0.243. The van der Waals surface area contributed by atoms with Crippen molar-refractivity contribution in [2.45, 2.75) is 38.5 Å². The van der Waals surface area contributed by atoms with Gasteiger partial charge in [0.25, 0.3) is 5.91 Å². The maximum atomic E-state index is 13.2. The fourth-order valence-corrected chi connectivity index (χ4v) is 5.41. The molecule has 2 aromatic carbocycles. The van der Waals surface area contributed by atoms with Crippen LogP contribution in [0.1, 0.15) is 53.2 Å². The van der Waals surface area contributed by atoms with E-state index in [1.807, 2.05) is 18.0 Å². The van der Waals surface area contributed by atoms with E-state index in [0.29, 0.717) is 53.6 Å². The van der Waals surface area contributed by atoms with Crippen LogP contribution < -0.4 is 5.43 Å². The van der Waals surface area contributed by atoms with Crippen molar-refractivity contribution in [2.24, 2.45) is 0 Å². The van der Waals surface area contributed by atoms with E-state index in [1.54, 1.807) is 16.8 Å². The largest absolute Gasteiger partial charge is 0.379 e. The summed E-state index contributed by atoms with van der Waals surface area (Å²) in [4.78, 5) is 13.2. The Morgan fingerprint density at radius 1 is 1.06 bits per heavy atom. The molecule has 2 aliphatic rings. The number of aromatic nitrogens is 2. The van der Waals surface area contributed by atoms with E-state index >= 15 is 0 Å². The number of amides is 1. The van der Waals surface area contributed by atoms with E-state index in [9.17, 15) is 4.79 Å². The average molecular weight is 499 g/mol.